The zero-order valence-electron chi connectivity index (χ0n) is 11.1. The van der Waals surface area contributed by atoms with Crippen LogP contribution in [-0.2, 0) is 7.05 Å². The molecule has 1 aromatic heterocycles. The van der Waals surface area contributed by atoms with Gasteiger partial charge in [0.05, 0.1) is 17.9 Å². The van der Waals surface area contributed by atoms with Crippen LogP contribution in [0.1, 0.15) is 12.8 Å². The Labute approximate surface area is 115 Å². The zero-order valence-corrected chi connectivity index (χ0v) is 11.1. The fraction of sp³-hybridized carbons (Fsp3) is 0.357. The fourth-order valence-electron chi connectivity index (χ4n) is 2.00. The molecule has 0 amide bonds. The van der Waals surface area contributed by atoms with Crippen LogP contribution in [0.15, 0.2) is 18.2 Å². The molecule has 0 radical (unpaired) electrons. The van der Waals surface area contributed by atoms with Gasteiger partial charge in [0.15, 0.2) is 11.6 Å². The average Bonchev–Trinajstić information content (AvgIpc) is 3.14. The minimum absolute atomic E-state index is 0.0383. The van der Waals surface area contributed by atoms with Gasteiger partial charge in [-0.15, -0.1) is 0 Å². The number of benzene rings is 1. The number of nitrogens with two attached hydrogens (primary N) is 1. The molecule has 2 N–H and O–H groups in total. The third kappa shape index (κ3) is 2.45. The SMILES string of the molecule is Cn1nc(-c2cc(F)cc(F)c2OCC2CC2)cc1N. The van der Waals surface area contributed by atoms with E-state index in [1.54, 1.807) is 13.1 Å². The van der Waals surface area contributed by atoms with Crippen LogP contribution in [-0.4, -0.2) is 16.4 Å². The number of nitrogen functional groups attached to an aromatic ring is 1. The molecule has 0 spiro atoms. The van der Waals surface area contributed by atoms with E-state index >= 15 is 0 Å². The van der Waals surface area contributed by atoms with Gasteiger partial charge < -0.3 is 10.5 Å². The second-order valence-electron chi connectivity index (χ2n) is 5.10. The van der Waals surface area contributed by atoms with Crippen molar-refractivity contribution >= 4 is 5.82 Å². The number of anilines is 1. The van der Waals surface area contributed by atoms with E-state index in [2.05, 4.69) is 5.10 Å². The Bertz CT molecular complexity index is 631. The lowest BCUT2D eigenvalue weighted by Crippen LogP contribution is -2.03. The highest BCUT2D eigenvalue weighted by molar-refractivity contribution is 5.69. The number of nitrogens with zero attached hydrogens (tertiary/aromatic N) is 2. The highest BCUT2D eigenvalue weighted by atomic mass is 19.1. The maximum absolute atomic E-state index is 13.9. The molecule has 1 heterocycles. The number of rotatable bonds is 4. The number of halogens is 2. The molecule has 0 bridgehead atoms. The molecule has 1 saturated carbocycles. The predicted molar refractivity (Wildman–Crippen MR) is 71.2 cm³/mol. The molecule has 0 aliphatic heterocycles. The standard InChI is InChI=1S/C14H15F2N3O/c1-19-13(17)6-12(18-19)10-4-9(15)5-11(16)14(10)20-7-8-2-3-8/h4-6,8H,2-3,7,17H2,1H3. The van der Waals surface area contributed by atoms with Gasteiger partial charge >= 0.3 is 0 Å². The highest BCUT2D eigenvalue weighted by Crippen LogP contribution is 2.36. The molecular formula is C14H15F2N3O. The molecule has 6 heteroatoms. The van der Waals surface area contributed by atoms with Gasteiger partial charge in [-0.3, -0.25) is 4.68 Å². The highest BCUT2D eigenvalue weighted by Gasteiger charge is 2.24. The average molecular weight is 279 g/mol. The third-order valence-electron chi connectivity index (χ3n) is 3.36. The van der Waals surface area contributed by atoms with Gasteiger partial charge in [0, 0.05) is 19.2 Å². The van der Waals surface area contributed by atoms with E-state index in [4.69, 9.17) is 10.5 Å². The van der Waals surface area contributed by atoms with Crippen molar-refractivity contribution in [2.24, 2.45) is 13.0 Å². The summed E-state index contributed by atoms with van der Waals surface area (Å²) in [7, 11) is 1.67. The molecule has 4 nitrogen and oxygen atoms in total. The number of aryl methyl sites for hydroxylation is 1. The van der Waals surface area contributed by atoms with E-state index in [1.807, 2.05) is 0 Å². The van der Waals surface area contributed by atoms with Crippen molar-refractivity contribution in [2.75, 3.05) is 12.3 Å². The molecule has 2 aromatic rings. The van der Waals surface area contributed by atoms with Crippen molar-refractivity contribution in [1.82, 2.24) is 9.78 Å². The minimum Gasteiger partial charge on any atom is -0.490 e. The van der Waals surface area contributed by atoms with Crippen molar-refractivity contribution in [2.45, 2.75) is 12.8 Å². The summed E-state index contributed by atoms with van der Waals surface area (Å²) < 4.78 is 34.4. The molecule has 20 heavy (non-hydrogen) atoms. The van der Waals surface area contributed by atoms with Gasteiger partial charge in [0.1, 0.15) is 11.6 Å². The number of ether oxygens (including phenoxy) is 1. The van der Waals surface area contributed by atoms with Crippen molar-refractivity contribution < 1.29 is 13.5 Å². The zero-order chi connectivity index (χ0) is 14.3. The lowest BCUT2D eigenvalue weighted by atomic mass is 10.1. The van der Waals surface area contributed by atoms with Gasteiger partial charge in [-0.2, -0.15) is 5.10 Å². The minimum atomic E-state index is -0.718. The molecule has 1 aliphatic rings. The topological polar surface area (TPSA) is 53.1 Å². The smallest absolute Gasteiger partial charge is 0.168 e. The third-order valence-corrected chi connectivity index (χ3v) is 3.36. The lowest BCUT2D eigenvalue weighted by Gasteiger charge is -2.11. The molecule has 0 saturated heterocycles. The van der Waals surface area contributed by atoms with Gasteiger partial charge in [0.2, 0.25) is 0 Å². The molecule has 1 aliphatic carbocycles. The van der Waals surface area contributed by atoms with E-state index in [1.165, 1.54) is 10.7 Å². The first-order chi connectivity index (χ1) is 9.54. The molecule has 0 unspecified atom stereocenters. The van der Waals surface area contributed by atoms with E-state index < -0.39 is 11.6 Å². The number of hydrogen-bond donors (Lipinski definition) is 1. The Hall–Kier alpha value is -2.11. The first kappa shape index (κ1) is 12.9. The van der Waals surface area contributed by atoms with Crippen LogP contribution in [0.3, 0.4) is 0 Å². The van der Waals surface area contributed by atoms with Crippen molar-refractivity contribution in [1.29, 1.82) is 0 Å². The number of aromatic nitrogens is 2. The van der Waals surface area contributed by atoms with Gasteiger partial charge in [-0.1, -0.05) is 0 Å². The molecule has 0 atom stereocenters. The Kier molecular flexibility index (Phi) is 3.08. The van der Waals surface area contributed by atoms with E-state index in [-0.39, 0.29) is 11.3 Å². The van der Waals surface area contributed by atoms with Gasteiger partial charge in [0.25, 0.3) is 0 Å². The summed E-state index contributed by atoms with van der Waals surface area (Å²) in [5.41, 5.74) is 6.39. The summed E-state index contributed by atoms with van der Waals surface area (Å²) in [6.45, 7) is 0.442. The van der Waals surface area contributed by atoms with Gasteiger partial charge in [-0.25, -0.2) is 8.78 Å². The van der Waals surface area contributed by atoms with E-state index in [0.717, 1.165) is 18.9 Å². The molecule has 1 fully saturated rings. The van der Waals surface area contributed by atoms with Crippen LogP contribution < -0.4 is 10.5 Å². The normalized spacial score (nSPS) is 14.6. The second kappa shape index (κ2) is 4.77. The summed E-state index contributed by atoms with van der Waals surface area (Å²) in [4.78, 5) is 0. The Morgan fingerprint density at radius 2 is 2.10 bits per heavy atom. The summed E-state index contributed by atoms with van der Waals surface area (Å²) >= 11 is 0. The summed E-state index contributed by atoms with van der Waals surface area (Å²) in [5, 5.41) is 4.14. The van der Waals surface area contributed by atoms with Crippen LogP contribution in [0.5, 0.6) is 5.75 Å². The predicted octanol–water partition coefficient (Wildman–Crippen LogP) is 2.74. The summed E-state index contributed by atoms with van der Waals surface area (Å²) in [5.74, 6) is -0.458. The van der Waals surface area contributed by atoms with Crippen LogP contribution >= 0.6 is 0 Å². The maximum Gasteiger partial charge on any atom is 0.168 e. The van der Waals surface area contributed by atoms with Crippen LogP contribution in [0.4, 0.5) is 14.6 Å². The number of hydrogen-bond acceptors (Lipinski definition) is 3. The fourth-order valence-corrected chi connectivity index (χ4v) is 2.00. The molecule has 3 rings (SSSR count). The quantitative estimate of drug-likeness (QED) is 0.936. The Balaban J connectivity index is 2.01. The van der Waals surface area contributed by atoms with Gasteiger partial charge in [-0.05, 0) is 24.8 Å². The van der Waals surface area contributed by atoms with Crippen molar-refractivity contribution in [3.05, 3.63) is 29.8 Å². The molecular weight excluding hydrogens is 264 g/mol. The van der Waals surface area contributed by atoms with Crippen molar-refractivity contribution in [3.8, 4) is 17.0 Å². The maximum atomic E-state index is 13.9. The summed E-state index contributed by atoms with van der Waals surface area (Å²) in [6, 6.07) is 3.60. The molecule has 106 valence electrons. The summed E-state index contributed by atoms with van der Waals surface area (Å²) in [6.07, 6.45) is 2.18. The van der Waals surface area contributed by atoms with Crippen LogP contribution in [0.2, 0.25) is 0 Å². The first-order valence-corrected chi connectivity index (χ1v) is 6.46. The second-order valence-corrected chi connectivity index (χ2v) is 5.10. The monoisotopic (exact) mass is 279 g/mol. The Morgan fingerprint density at radius 1 is 1.35 bits per heavy atom. The van der Waals surface area contributed by atoms with Crippen LogP contribution in [0.25, 0.3) is 11.3 Å². The van der Waals surface area contributed by atoms with E-state index in [0.29, 0.717) is 24.0 Å². The molecule has 1 aromatic carbocycles. The Morgan fingerprint density at radius 3 is 2.70 bits per heavy atom. The van der Waals surface area contributed by atoms with Crippen LogP contribution in [0, 0.1) is 17.6 Å². The first-order valence-electron chi connectivity index (χ1n) is 6.46. The van der Waals surface area contributed by atoms with Crippen molar-refractivity contribution in [3.63, 3.8) is 0 Å². The lowest BCUT2D eigenvalue weighted by molar-refractivity contribution is 0.285. The van der Waals surface area contributed by atoms with E-state index in [9.17, 15) is 8.78 Å². The largest absolute Gasteiger partial charge is 0.490 e.